The molecule has 0 bridgehead atoms. The molecule has 0 radical (unpaired) electrons. The van der Waals surface area contributed by atoms with Crippen molar-refractivity contribution >= 4 is 5.91 Å². The number of rotatable bonds is 4. The van der Waals surface area contributed by atoms with Crippen molar-refractivity contribution in [1.29, 1.82) is 0 Å². The Labute approximate surface area is 110 Å². The normalized spacial score (nSPS) is 29.8. The van der Waals surface area contributed by atoms with E-state index in [0.29, 0.717) is 12.6 Å². The first-order valence-corrected chi connectivity index (χ1v) is 7.22. The fourth-order valence-electron chi connectivity index (χ4n) is 2.92. The SMILES string of the molecule is CC1(CN)CCN(C(=O)COC2CCCCC2)C1. The number of nitrogens with zero attached hydrogens (tertiary/aromatic N) is 1. The van der Waals surface area contributed by atoms with Gasteiger partial charge in [0.1, 0.15) is 6.61 Å². The van der Waals surface area contributed by atoms with Crippen molar-refractivity contribution in [2.45, 2.75) is 51.6 Å². The lowest BCUT2D eigenvalue weighted by atomic mass is 9.90. The van der Waals surface area contributed by atoms with Gasteiger partial charge in [0.05, 0.1) is 6.10 Å². The number of hydrogen-bond donors (Lipinski definition) is 1. The first-order chi connectivity index (χ1) is 8.63. The summed E-state index contributed by atoms with van der Waals surface area (Å²) >= 11 is 0. The van der Waals surface area contributed by atoms with E-state index >= 15 is 0 Å². The van der Waals surface area contributed by atoms with Gasteiger partial charge in [-0.15, -0.1) is 0 Å². The van der Waals surface area contributed by atoms with Crippen LogP contribution < -0.4 is 5.73 Å². The minimum absolute atomic E-state index is 0.112. The van der Waals surface area contributed by atoms with E-state index in [1.165, 1.54) is 19.3 Å². The summed E-state index contributed by atoms with van der Waals surface area (Å²) in [5, 5.41) is 0. The van der Waals surface area contributed by atoms with Gasteiger partial charge >= 0.3 is 0 Å². The van der Waals surface area contributed by atoms with Crippen molar-refractivity contribution in [2.24, 2.45) is 11.1 Å². The van der Waals surface area contributed by atoms with Crippen molar-refractivity contribution in [1.82, 2.24) is 4.90 Å². The maximum Gasteiger partial charge on any atom is 0.248 e. The maximum atomic E-state index is 12.1. The van der Waals surface area contributed by atoms with E-state index in [1.807, 2.05) is 4.90 Å². The third-order valence-corrected chi connectivity index (χ3v) is 4.40. The van der Waals surface area contributed by atoms with Crippen LogP contribution in [0.2, 0.25) is 0 Å². The monoisotopic (exact) mass is 254 g/mol. The topological polar surface area (TPSA) is 55.6 Å². The number of hydrogen-bond acceptors (Lipinski definition) is 3. The van der Waals surface area contributed by atoms with Crippen molar-refractivity contribution in [3.05, 3.63) is 0 Å². The third kappa shape index (κ3) is 3.45. The van der Waals surface area contributed by atoms with Gasteiger partial charge in [-0.3, -0.25) is 4.79 Å². The van der Waals surface area contributed by atoms with Gasteiger partial charge in [-0.2, -0.15) is 0 Å². The molecule has 0 aromatic heterocycles. The zero-order valence-corrected chi connectivity index (χ0v) is 11.5. The van der Waals surface area contributed by atoms with E-state index in [2.05, 4.69) is 6.92 Å². The highest BCUT2D eigenvalue weighted by Crippen LogP contribution is 2.28. The van der Waals surface area contributed by atoms with E-state index in [-0.39, 0.29) is 17.9 Å². The second kappa shape index (κ2) is 6.02. The van der Waals surface area contributed by atoms with Gasteiger partial charge in [0.2, 0.25) is 5.91 Å². The quantitative estimate of drug-likeness (QED) is 0.828. The van der Waals surface area contributed by atoms with Crippen LogP contribution in [0.1, 0.15) is 45.4 Å². The van der Waals surface area contributed by atoms with Crippen molar-refractivity contribution in [3.8, 4) is 0 Å². The Morgan fingerprint density at radius 2 is 2.11 bits per heavy atom. The zero-order valence-electron chi connectivity index (χ0n) is 11.5. The first kappa shape index (κ1) is 13.8. The van der Waals surface area contributed by atoms with Crippen LogP contribution in [-0.2, 0) is 9.53 Å². The number of likely N-dealkylation sites (tertiary alicyclic amines) is 1. The van der Waals surface area contributed by atoms with E-state index in [0.717, 1.165) is 32.4 Å². The molecule has 18 heavy (non-hydrogen) atoms. The second-order valence-electron chi connectivity index (χ2n) is 6.15. The number of carbonyl (C=O) groups excluding carboxylic acids is 1. The molecule has 4 nitrogen and oxygen atoms in total. The van der Waals surface area contributed by atoms with E-state index < -0.39 is 0 Å². The van der Waals surface area contributed by atoms with Gasteiger partial charge < -0.3 is 15.4 Å². The van der Waals surface area contributed by atoms with Gasteiger partial charge in [-0.1, -0.05) is 26.2 Å². The third-order valence-electron chi connectivity index (χ3n) is 4.40. The summed E-state index contributed by atoms with van der Waals surface area (Å²) in [7, 11) is 0. The molecule has 1 aliphatic carbocycles. The molecule has 2 N–H and O–H groups in total. The lowest BCUT2D eigenvalue weighted by molar-refractivity contribution is -0.138. The molecular formula is C14H26N2O2. The molecule has 1 aliphatic heterocycles. The summed E-state index contributed by atoms with van der Waals surface area (Å²) in [4.78, 5) is 14.0. The minimum atomic E-state index is 0.112. The molecule has 1 atom stereocenters. The van der Waals surface area contributed by atoms with Crippen LogP contribution in [0.25, 0.3) is 0 Å². The lowest BCUT2D eigenvalue weighted by Crippen LogP contribution is -2.37. The van der Waals surface area contributed by atoms with Crippen molar-refractivity contribution in [3.63, 3.8) is 0 Å². The molecular weight excluding hydrogens is 228 g/mol. The summed E-state index contributed by atoms with van der Waals surface area (Å²) in [6.45, 7) is 4.69. The molecule has 1 saturated carbocycles. The first-order valence-electron chi connectivity index (χ1n) is 7.22. The van der Waals surface area contributed by atoms with Crippen molar-refractivity contribution < 1.29 is 9.53 Å². The summed E-state index contributed by atoms with van der Waals surface area (Å²) in [6, 6.07) is 0. The van der Waals surface area contributed by atoms with Crippen LogP contribution in [0, 0.1) is 5.41 Å². The smallest absolute Gasteiger partial charge is 0.248 e. The largest absolute Gasteiger partial charge is 0.368 e. The minimum Gasteiger partial charge on any atom is -0.368 e. The molecule has 1 unspecified atom stereocenters. The molecule has 1 amide bonds. The Bertz CT molecular complexity index is 290. The molecule has 2 rings (SSSR count). The molecule has 4 heteroatoms. The van der Waals surface area contributed by atoms with Crippen LogP contribution in [0.3, 0.4) is 0 Å². The Balaban J connectivity index is 1.72. The molecule has 104 valence electrons. The van der Waals surface area contributed by atoms with E-state index in [4.69, 9.17) is 10.5 Å². The van der Waals surface area contributed by atoms with E-state index in [9.17, 15) is 4.79 Å². The number of ether oxygens (including phenoxy) is 1. The fraction of sp³-hybridized carbons (Fsp3) is 0.929. The van der Waals surface area contributed by atoms with E-state index in [1.54, 1.807) is 0 Å². The van der Waals surface area contributed by atoms with Crippen LogP contribution in [-0.4, -0.2) is 43.2 Å². The predicted octanol–water partition coefficient (Wildman–Crippen LogP) is 1.53. The second-order valence-corrected chi connectivity index (χ2v) is 6.15. The van der Waals surface area contributed by atoms with Gasteiger partial charge in [0.25, 0.3) is 0 Å². The molecule has 1 saturated heterocycles. The standard InChI is InChI=1S/C14H26N2O2/c1-14(10-15)7-8-16(11-14)13(17)9-18-12-5-3-2-4-6-12/h12H,2-11,15H2,1H3. The molecule has 2 fully saturated rings. The highest BCUT2D eigenvalue weighted by Gasteiger charge is 2.34. The predicted molar refractivity (Wildman–Crippen MR) is 71.2 cm³/mol. The van der Waals surface area contributed by atoms with Gasteiger partial charge in [0.15, 0.2) is 0 Å². The van der Waals surface area contributed by atoms with Gasteiger partial charge in [-0.25, -0.2) is 0 Å². The zero-order chi connectivity index (χ0) is 13.0. The summed E-state index contributed by atoms with van der Waals surface area (Å²) in [6.07, 6.45) is 7.36. The van der Waals surface area contributed by atoms with Crippen molar-refractivity contribution in [2.75, 3.05) is 26.2 Å². The Morgan fingerprint density at radius 1 is 1.39 bits per heavy atom. The maximum absolute atomic E-state index is 12.1. The summed E-state index contributed by atoms with van der Waals surface area (Å²) in [5.74, 6) is 0.137. The Hall–Kier alpha value is -0.610. The fourth-order valence-corrected chi connectivity index (χ4v) is 2.92. The summed E-state index contributed by atoms with van der Waals surface area (Å²) < 4.78 is 5.74. The molecule has 0 aromatic rings. The Kier molecular flexibility index (Phi) is 4.62. The molecule has 1 heterocycles. The number of nitrogens with two attached hydrogens (primary N) is 1. The van der Waals surface area contributed by atoms with Gasteiger partial charge in [0, 0.05) is 13.1 Å². The van der Waals surface area contributed by atoms with Crippen LogP contribution in [0.4, 0.5) is 0 Å². The number of amides is 1. The average Bonchev–Trinajstić information content (AvgIpc) is 2.81. The highest BCUT2D eigenvalue weighted by atomic mass is 16.5. The van der Waals surface area contributed by atoms with Crippen LogP contribution in [0.15, 0.2) is 0 Å². The number of carbonyl (C=O) groups is 1. The molecule has 0 aromatic carbocycles. The Morgan fingerprint density at radius 3 is 2.72 bits per heavy atom. The summed E-state index contributed by atoms with van der Waals surface area (Å²) in [5.41, 5.74) is 5.86. The molecule has 2 aliphatic rings. The van der Waals surface area contributed by atoms with Gasteiger partial charge in [-0.05, 0) is 31.2 Å². The lowest BCUT2D eigenvalue weighted by Gasteiger charge is -2.25. The average molecular weight is 254 g/mol. The molecule has 0 spiro atoms. The van der Waals surface area contributed by atoms with Crippen LogP contribution in [0.5, 0.6) is 0 Å². The van der Waals surface area contributed by atoms with Crippen LogP contribution >= 0.6 is 0 Å². The highest BCUT2D eigenvalue weighted by molar-refractivity contribution is 5.77.